The zero-order chi connectivity index (χ0) is 17.6. The molecule has 0 radical (unpaired) electrons. The van der Waals surface area contributed by atoms with Gasteiger partial charge in [-0.15, -0.1) is 0 Å². The standard InChI is InChI=1S/C18H19F2N3O2/c19-18(20)25-14-8-6-13(7-9-14)22-17(24)15-10-11-21-16(23-15)12-4-2-1-3-5-12/h1-5,10-11,13-14,18H,6-9H2,(H,22,24). The zero-order valence-corrected chi connectivity index (χ0v) is 13.6. The van der Waals surface area contributed by atoms with E-state index >= 15 is 0 Å². The molecule has 2 aromatic rings. The average Bonchev–Trinajstić information content (AvgIpc) is 2.64. The first kappa shape index (κ1) is 17.4. The fourth-order valence-corrected chi connectivity index (χ4v) is 2.96. The van der Waals surface area contributed by atoms with E-state index < -0.39 is 12.7 Å². The highest BCUT2D eigenvalue weighted by molar-refractivity contribution is 5.92. The molecular weight excluding hydrogens is 328 g/mol. The van der Waals surface area contributed by atoms with Gasteiger partial charge in [0.25, 0.3) is 5.91 Å². The number of benzene rings is 1. The Balaban J connectivity index is 1.59. The minimum absolute atomic E-state index is 0.0554. The Labute approximate surface area is 144 Å². The first-order valence-electron chi connectivity index (χ1n) is 8.25. The molecule has 25 heavy (non-hydrogen) atoms. The number of amides is 1. The summed E-state index contributed by atoms with van der Waals surface area (Å²) in [5.74, 6) is 0.208. The first-order valence-corrected chi connectivity index (χ1v) is 8.25. The van der Waals surface area contributed by atoms with Crippen LogP contribution >= 0.6 is 0 Å². The van der Waals surface area contributed by atoms with Gasteiger partial charge in [0, 0.05) is 17.8 Å². The van der Waals surface area contributed by atoms with Crippen LogP contribution in [-0.4, -0.2) is 34.6 Å². The van der Waals surface area contributed by atoms with E-state index in [1.54, 1.807) is 12.3 Å². The molecule has 1 N–H and O–H groups in total. The Morgan fingerprint density at radius 3 is 2.52 bits per heavy atom. The van der Waals surface area contributed by atoms with E-state index in [9.17, 15) is 13.6 Å². The molecule has 1 fully saturated rings. The normalized spacial score (nSPS) is 20.4. The number of aromatic nitrogens is 2. The van der Waals surface area contributed by atoms with Crippen LogP contribution in [0.15, 0.2) is 42.6 Å². The summed E-state index contributed by atoms with van der Waals surface area (Å²) in [7, 11) is 0. The van der Waals surface area contributed by atoms with Gasteiger partial charge in [0.15, 0.2) is 5.82 Å². The van der Waals surface area contributed by atoms with Crippen molar-refractivity contribution in [2.24, 2.45) is 0 Å². The molecule has 7 heteroatoms. The Morgan fingerprint density at radius 2 is 1.84 bits per heavy atom. The van der Waals surface area contributed by atoms with E-state index in [1.807, 2.05) is 30.3 Å². The van der Waals surface area contributed by atoms with Crippen molar-refractivity contribution >= 4 is 5.91 Å². The zero-order valence-electron chi connectivity index (χ0n) is 13.6. The van der Waals surface area contributed by atoms with Gasteiger partial charge in [0.1, 0.15) is 5.69 Å². The number of nitrogens with zero attached hydrogens (tertiary/aromatic N) is 2. The number of carbonyl (C=O) groups excluding carboxylic acids is 1. The molecule has 0 saturated heterocycles. The third-order valence-electron chi connectivity index (χ3n) is 4.22. The van der Waals surface area contributed by atoms with E-state index in [2.05, 4.69) is 20.0 Å². The van der Waals surface area contributed by atoms with Gasteiger partial charge in [-0.05, 0) is 31.7 Å². The van der Waals surface area contributed by atoms with Crippen molar-refractivity contribution in [3.8, 4) is 11.4 Å². The number of ether oxygens (including phenoxy) is 1. The molecule has 0 atom stereocenters. The van der Waals surface area contributed by atoms with Crippen LogP contribution in [-0.2, 0) is 4.74 Å². The monoisotopic (exact) mass is 347 g/mol. The van der Waals surface area contributed by atoms with Gasteiger partial charge < -0.3 is 10.1 Å². The minimum atomic E-state index is -2.74. The molecule has 1 aromatic heterocycles. The highest BCUT2D eigenvalue weighted by atomic mass is 19.3. The van der Waals surface area contributed by atoms with Crippen molar-refractivity contribution in [1.29, 1.82) is 0 Å². The molecule has 0 bridgehead atoms. The van der Waals surface area contributed by atoms with Crippen LogP contribution in [0.5, 0.6) is 0 Å². The number of hydrogen-bond donors (Lipinski definition) is 1. The predicted octanol–water partition coefficient (Wildman–Crippen LogP) is 3.42. The van der Waals surface area contributed by atoms with Crippen LogP contribution < -0.4 is 5.32 Å². The molecule has 1 saturated carbocycles. The number of halogens is 2. The third kappa shape index (κ3) is 4.79. The maximum atomic E-state index is 12.4. The summed E-state index contributed by atoms with van der Waals surface area (Å²) in [5.41, 5.74) is 1.13. The topological polar surface area (TPSA) is 64.1 Å². The van der Waals surface area contributed by atoms with Crippen LogP contribution in [0.25, 0.3) is 11.4 Å². The van der Waals surface area contributed by atoms with Gasteiger partial charge in [-0.2, -0.15) is 8.78 Å². The largest absolute Gasteiger partial charge is 0.348 e. The number of rotatable bonds is 5. The lowest BCUT2D eigenvalue weighted by atomic mass is 9.93. The Morgan fingerprint density at radius 1 is 1.12 bits per heavy atom. The van der Waals surface area contributed by atoms with Gasteiger partial charge in [0.2, 0.25) is 0 Å². The lowest BCUT2D eigenvalue weighted by molar-refractivity contribution is -0.170. The summed E-state index contributed by atoms with van der Waals surface area (Å²) in [4.78, 5) is 20.9. The molecule has 0 unspecified atom stereocenters. The van der Waals surface area contributed by atoms with E-state index in [0.717, 1.165) is 5.56 Å². The Hall–Kier alpha value is -2.41. The minimum Gasteiger partial charge on any atom is -0.348 e. The molecule has 1 heterocycles. The lowest BCUT2D eigenvalue weighted by Crippen LogP contribution is -2.39. The summed E-state index contributed by atoms with van der Waals surface area (Å²) in [6.07, 6.45) is 3.36. The summed E-state index contributed by atoms with van der Waals surface area (Å²) in [5, 5.41) is 2.92. The SMILES string of the molecule is O=C(NC1CCC(OC(F)F)CC1)c1ccnc(-c2ccccc2)n1. The van der Waals surface area contributed by atoms with Gasteiger partial charge in [-0.25, -0.2) is 9.97 Å². The second-order valence-electron chi connectivity index (χ2n) is 5.98. The molecule has 1 aliphatic carbocycles. The highest BCUT2D eigenvalue weighted by Gasteiger charge is 2.25. The molecule has 1 aliphatic rings. The highest BCUT2D eigenvalue weighted by Crippen LogP contribution is 2.23. The van der Waals surface area contributed by atoms with E-state index in [4.69, 9.17) is 0 Å². The van der Waals surface area contributed by atoms with Crippen LogP contribution in [0, 0.1) is 0 Å². The lowest BCUT2D eigenvalue weighted by Gasteiger charge is -2.28. The molecular formula is C18H19F2N3O2. The summed E-state index contributed by atoms with van der Waals surface area (Å²) >= 11 is 0. The summed E-state index contributed by atoms with van der Waals surface area (Å²) < 4.78 is 29.0. The van der Waals surface area contributed by atoms with E-state index in [-0.39, 0.29) is 11.9 Å². The molecule has 5 nitrogen and oxygen atoms in total. The Bertz CT molecular complexity index is 704. The van der Waals surface area contributed by atoms with Crippen molar-refractivity contribution < 1.29 is 18.3 Å². The van der Waals surface area contributed by atoms with E-state index in [1.165, 1.54) is 0 Å². The van der Waals surface area contributed by atoms with Crippen LogP contribution in [0.1, 0.15) is 36.2 Å². The van der Waals surface area contributed by atoms with Crippen LogP contribution in [0.2, 0.25) is 0 Å². The maximum Gasteiger partial charge on any atom is 0.345 e. The van der Waals surface area contributed by atoms with Crippen molar-refractivity contribution in [2.75, 3.05) is 0 Å². The molecule has 0 aliphatic heterocycles. The average molecular weight is 347 g/mol. The van der Waals surface area contributed by atoms with Crippen molar-refractivity contribution in [3.05, 3.63) is 48.3 Å². The molecule has 1 aromatic carbocycles. The fraction of sp³-hybridized carbons (Fsp3) is 0.389. The number of hydrogen-bond acceptors (Lipinski definition) is 4. The first-order chi connectivity index (χ1) is 12.1. The molecule has 132 valence electrons. The number of nitrogens with one attached hydrogen (secondary N) is 1. The fourth-order valence-electron chi connectivity index (χ4n) is 2.96. The van der Waals surface area contributed by atoms with Gasteiger partial charge >= 0.3 is 6.61 Å². The Kier molecular flexibility index (Phi) is 5.65. The summed E-state index contributed by atoms with van der Waals surface area (Å²) in [6.45, 7) is -2.74. The second-order valence-corrected chi connectivity index (χ2v) is 5.98. The summed E-state index contributed by atoms with van der Waals surface area (Å²) in [6, 6.07) is 10.9. The van der Waals surface area contributed by atoms with Crippen molar-refractivity contribution in [1.82, 2.24) is 15.3 Å². The second kappa shape index (κ2) is 8.11. The van der Waals surface area contributed by atoms with Crippen LogP contribution in [0.3, 0.4) is 0 Å². The third-order valence-corrected chi connectivity index (χ3v) is 4.22. The van der Waals surface area contributed by atoms with Crippen molar-refractivity contribution in [2.45, 2.75) is 44.4 Å². The smallest absolute Gasteiger partial charge is 0.345 e. The van der Waals surface area contributed by atoms with E-state index in [0.29, 0.717) is 37.2 Å². The molecule has 0 spiro atoms. The van der Waals surface area contributed by atoms with Crippen LogP contribution in [0.4, 0.5) is 8.78 Å². The number of alkyl halides is 2. The number of carbonyl (C=O) groups is 1. The molecule has 3 rings (SSSR count). The predicted molar refractivity (Wildman–Crippen MR) is 88.1 cm³/mol. The van der Waals surface area contributed by atoms with Gasteiger partial charge in [0.05, 0.1) is 6.10 Å². The molecule has 1 amide bonds. The van der Waals surface area contributed by atoms with Gasteiger partial charge in [-0.3, -0.25) is 4.79 Å². The quantitative estimate of drug-likeness (QED) is 0.900. The van der Waals surface area contributed by atoms with Crippen molar-refractivity contribution in [3.63, 3.8) is 0 Å². The maximum absolute atomic E-state index is 12.4. The van der Waals surface area contributed by atoms with Gasteiger partial charge in [-0.1, -0.05) is 30.3 Å².